The molecule has 1 heterocycles. The maximum atomic E-state index is 12.3. The van der Waals surface area contributed by atoms with Crippen molar-refractivity contribution in [2.24, 2.45) is 0 Å². The molecule has 1 aromatic rings. The molecule has 1 aliphatic carbocycles. The van der Waals surface area contributed by atoms with Gasteiger partial charge in [-0.15, -0.1) is 11.3 Å². The molecular formula is C13H22N2O2S3. The van der Waals surface area contributed by atoms with E-state index in [1.54, 1.807) is 17.8 Å². The summed E-state index contributed by atoms with van der Waals surface area (Å²) in [7, 11) is -3.35. The second-order valence-electron chi connectivity index (χ2n) is 4.96. The number of thiophene rings is 1. The third-order valence-electron chi connectivity index (χ3n) is 3.19. The Morgan fingerprint density at radius 1 is 1.40 bits per heavy atom. The van der Waals surface area contributed by atoms with E-state index in [1.807, 2.05) is 5.38 Å². The Labute approximate surface area is 129 Å². The largest absolute Gasteiger partial charge is 0.309 e. The zero-order valence-corrected chi connectivity index (χ0v) is 14.2. The molecule has 1 aromatic heterocycles. The van der Waals surface area contributed by atoms with Crippen LogP contribution < -0.4 is 10.0 Å². The summed E-state index contributed by atoms with van der Waals surface area (Å²) in [5.41, 5.74) is 0. The van der Waals surface area contributed by atoms with Crippen molar-refractivity contribution in [1.29, 1.82) is 0 Å². The smallest absolute Gasteiger partial charge is 0.241 e. The minimum Gasteiger partial charge on any atom is -0.309 e. The van der Waals surface area contributed by atoms with Crippen LogP contribution in [0.5, 0.6) is 0 Å². The molecule has 0 aliphatic heterocycles. The van der Waals surface area contributed by atoms with Crippen LogP contribution in [0.15, 0.2) is 16.3 Å². The van der Waals surface area contributed by atoms with E-state index in [-0.39, 0.29) is 0 Å². The van der Waals surface area contributed by atoms with Gasteiger partial charge in [-0.3, -0.25) is 0 Å². The fourth-order valence-electron chi connectivity index (χ4n) is 1.88. The van der Waals surface area contributed by atoms with Crippen LogP contribution in [0.2, 0.25) is 0 Å². The fraction of sp³-hybridized carbons (Fsp3) is 0.692. The van der Waals surface area contributed by atoms with Gasteiger partial charge in [-0.1, -0.05) is 0 Å². The molecule has 1 fully saturated rings. The van der Waals surface area contributed by atoms with Crippen LogP contribution in [-0.2, 0) is 16.6 Å². The van der Waals surface area contributed by atoms with Gasteiger partial charge in [0.2, 0.25) is 10.0 Å². The molecule has 1 saturated carbocycles. The van der Waals surface area contributed by atoms with Crippen LogP contribution in [0, 0.1) is 0 Å². The molecular weight excluding hydrogens is 312 g/mol. The van der Waals surface area contributed by atoms with Gasteiger partial charge in [0, 0.05) is 24.0 Å². The molecule has 114 valence electrons. The van der Waals surface area contributed by atoms with Gasteiger partial charge in [0.1, 0.15) is 0 Å². The Morgan fingerprint density at radius 3 is 2.90 bits per heavy atom. The van der Waals surface area contributed by atoms with Crippen molar-refractivity contribution in [3.63, 3.8) is 0 Å². The van der Waals surface area contributed by atoms with E-state index < -0.39 is 10.0 Å². The quantitative estimate of drug-likeness (QED) is 0.645. The third-order valence-corrected chi connectivity index (χ3v) is 6.48. The molecule has 7 heteroatoms. The van der Waals surface area contributed by atoms with Gasteiger partial charge in [-0.2, -0.15) is 11.8 Å². The predicted octanol–water partition coefficient (Wildman–Crippen LogP) is 2.42. The van der Waals surface area contributed by atoms with Crippen molar-refractivity contribution in [1.82, 2.24) is 10.0 Å². The fourth-order valence-corrected chi connectivity index (χ4v) is 4.84. The number of thioether (sulfide) groups is 1. The zero-order chi connectivity index (χ0) is 14.4. The SMILES string of the molecule is CSCCCCNS(=O)(=O)c1ccsc1CNC1CC1. The molecule has 2 rings (SSSR count). The van der Waals surface area contributed by atoms with Gasteiger partial charge in [-0.05, 0) is 49.1 Å². The Balaban J connectivity index is 1.85. The van der Waals surface area contributed by atoms with E-state index in [4.69, 9.17) is 0 Å². The van der Waals surface area contributed by atoms with Crippen molar-refractivity contribution in [3.05, 3.63) is 16.3 Å². The number of rotatable bonds is 10. The second-order valence-corrected chi connectivity index (χ2v) is 8.68. The van der Waals surface area contributed by atoms with Crippen molar-refractivity contribution in [3.8, 4) is 0 Å². The highest BCUT2D eigenvalue weighted by Crippen LogP contribution is 2.24. The van der Waals surface area contributed by atoms with Crippen LogP contribution in [0.1, 0.15) is 30.6 Å². The lowest BCUT2D eigenvalue weighted by molar-refractivity contribution is 0.576. The van der Waals surface area contributed by atoms with Gasteiger partial charge in [0.15, 0.2) is 0 Å². The third kappa shape index (κ3) is 5.04. The molecule has 4 nitrogen and oxygen atoms in total. The van der Waals surface area contributed by atoms with Crippen LogP contribution in [0.25, 0.3) is 0 Å². The van der Waals surface area contributed by atoms with E-state index >= 15 is 0 Å². The average Bonchev–Trinajstić information content (AvgIpc) is 3.12. The molecule has 0 radical (unpaired) electrons. The molecule has 0 saturated heterocycles. The Bertz CT molecular complexity index is 509. The maximum absolute atomic E-state index is 12.3. The summed E-state index contributed by atoms with van der Waals surface area (Å²) < 4.78 is 27.2. The molecule has 0 aromatic carbocycles. The summed E-state index contributed by atoms with van der Waals surface area (Å²) in [6.45, 7) is 1.18. The molecule has 0 atom stereocenters. The number of unbranched alkanes of at least 4 members (excludes halogenated alkanes) is 1. The first-order valence-corrected chi connectivity index (χ1v) is 10.7. The summed E-state index contributed by atoms with van der Waals surface area (Å²) >= 11 is 3.30. The summed E-state index contributed by atoms with van der Waals surface area (Å²) in [6, 6.07) is 2.30. The molecule has 0 unspecified atom stereocenters. The van der Waals surface area contributed by atoms with E-state index in [9.17, 15) is 8.42 Å². The maximum Gasteiger partial charge on any atom is 0.241 e. The molecule has 20 heavy (non-hydrogen) atoms. The van der Waals surface area contributed by atoms with Crippen molar-refractivity contribution >= 4 is 33.1 Å². The average molecular weight is 335 g/mol. The van der Waals surface area contributed by atoms with Gasteiger partial charge in [-0.25, -0.2) is 13.1 Å². The normalized spacial score (nSPS) is 15.7. The van der Waals surface area contributed by atoms with Crippen LogP contribution in [-0.4, -0.2) is 33.0 Å². The zero-order valence-electron chi connectivity index (χ0n) is 11.7. The second kappa shape index (κ2) is 7.79. The Kier molecular flexibility index (Phi) is 6.35. The molecule has 0 spiro atoms. The first kappa shape index (κ1) is 16.3. The van der Waals surface area contributed by atoms with E-state index in [0.29, 0.717) is 24.0 Å². The Hall–Kier alpha value is -0.0800. The summed E-state index contributed by atoms with van der Waals surface area (Å²) in [5.74, 6) is 1.08. The minimum atomic E-state index is -3.35. The number of hydrogen-bond donors (Lipinski definition) is 2. The van der Waals surface area contributed by atoms with Crippen LogP contribution >= 0.6 is 23.1 Å². The van der Waals surface area contributed by atoms with E-state index in [2.05, 4.69) is 16.3 Å². The highest BCUT2D eigenvalue weighted by molar-refractivity contribution is 7.98. The predicted molar refractivity (Wildman–Crippen MR) is 87.0 cm³/mol. The van der Waals surface area contributed by atoms with Gasteiger partial charge in [0.25, 0.3) is 0 Å². The first-order valence-electron chi connectivity index (χ1n) is 6.92. The Morgan fingerprint density at radius 2 is 2.20 bits per heavy atom. The minimum absolute atomic E-state index is 0.445. The standard InChI is InChI=1S/C13H22N2O2S3/c1-18-8-3-2-7-15-20(16,17)13-6-9-19-12(13)10-14-11-4-5-11/h6,9,11,14-15H,2-5,7-8,10H2,1H3. The summed E-state index contributed by atoms with van der Waals surface area (Å²) in [4.78, 5) is 1.36. The summed E-state index contributed by atoms with van der Waals surface area (Å²) in [5, 5.41) is 5.22. The van der Waals surface area contributed by atoms with Gasteiger partial charge >= 0.3 is 0 Å². The number of nitrogens with one attached hydrogen (secondary N) is 2. The monoisotopic (exact) mass is 334 g/mol. The van der Waals surface area contributed by atoms with Crippen LogP contribution in [0.3, 0.4) is 0 Å². The molecule has 1 aliphatic rings. The molecule has 2 N–H and O–H groups in total. The van der Waals surface area contributed by atoms with E-state index in [1.165, 1.54) is 24.2 Å². The van der Waals surface area contributed by atoms with Crippen molar-refractivity contribution in [2.45, 2.75) is 43.2 Å². The van der Waals surface area contributed by atoms with Gasteiger partial charge in [0.05, 0.1) is 4.90 Å². The highest BCUT2D eigenvalue weighted by Gasteiger charge is 2.23. The number of sulfonamides is 1. The summed E-state index contributed by atoms with van der Waals surface area (Å²) in [6.07, 6.45) is 6.42. The first-order chi connectivity index (χ1) is 9.63. The highest BCUT2D eigenvalue weighted by atomic mass is 32.2. The number of hydrogen-bond acceptors (Lipinski definition) is 5. The van der Waals surface area contributed by atoms with Crippen molar-refractivity contribution in [2.75, 3.05) is 18.6 Å². The lowest BCUT2D eigenvalue weighted by Gasteiger charge is -2.08. The van der Waals surface area contributed by atoms with Crippen molar-refractivity contribution < 1.29 is 8.42 Å². The van der Waals surface area contributed by atoms with E-state index in [0.717, 1.165) is 23.5 Å². The molecule has 0 bridgehead atoms. The van der Waals surface area contributed by atoms with Gasteiger partial charge < -0.3 is 5.32 Å². The lowest BCUT2D eigenvalue weighted by atomic mass is 10.3. The lowest BCUT2D eigenvalue weighted by Crippen LogP contribution is -2.26. The molecule has 0 amide bonds. The topological polar surface area (TPSA) is 58.2 Å². The van der Waals surface area contributed by atoms with Crippen LogP contribution in [0.4, 0.5) is 0 Å².